The molecule has 3 rings (SSSR count). The average Bonchev–Trinajstić information content (AvgIpc) is 2.75. The maximum atomic E-state index is 12.9. The predicted molar refractivity (Wildman–Crippen MR) is 118 cm³/mol. The van der Waals surface area contributed by atoms with Crippen molar-refractivity contribution < 1.29 is 19.1 Å². The van der Waals surface area contributed by atoms with Crippen molar-refractivity contribution in [3.05, 3.63) is 70.1 Å². The molecule has 1 atom stereocenters. The summed E-state index contributed by atoms with van der Waals surface area (Å²) in [6.45, 7) is 8.20. The summed E-state index contributed by atoms with van der Waals surface area (Å²) in [5.74, 6) is -0.265. The number of benzene rings is 2. The van der Waals surface area contributed by atoms with Crippen molar-refractivity contribution in [2.75, 3.05) is 6.61 Å². The fraction of sp³-hybridized carbons (Fsp3) is 0.333. The molecule has 162 valence electrons. The lowest BCUT2D eigenvalue weighted by Crippen LogP contribution is -2.30. The van der Waals surface area contributed by atoms with Gasteiger partial charge in [-0.3, -0.25) is 9.59 Å². The number of rotatable bonds is 8. The molecule has 31 heavy (non-hydrogen) atoms. The van der Waals surface area contributed by atoms with Gasteiger partial charge in [-0.2, -0.15) is 5.10 Å². The number of aromatic nitrogens is 2. The molecular weight excluding hydrogens is 396 g/mol. The van der Waals surface area contributed by atoms with Gasteiger partial charge in [0, 0.05) is 17.5 Å². The zero-order chi connectivity index (χ0) is 22.5. The highest BCUT2D eigenvalue weighted by molar-refractivity contribution is 6.05. The van der Waals surface area contributed by atoms with Gasteiger partial charge in [-0.1, -0.05) is 32.0 Å². The first-order chi connectivity index (χ1) is 14.8. The molecule has 0 saturated carbocycles. The smallest absolute Gasteiger partial charge is 0.360 e. The summed E-state index contributed by atoms with van der Waals surface area (Å²) < 4.78 is 12.1. The molecule has 2 aromatic carbocycles. The number of hydrogen-bond acceptors (Lipinski definition) is 6. The Labute approximate surface area is 180 Å². The lowest BCUT2D eigenvalue weighted by atomic mass is 10.1. The van der Waals surface area contributed by atoms with Crippen LogP contribution in [0.5, 0.6) is 5.75 Å². The topological polar surface area (TPSA) is 87.5 Å². The quantitative estimate of drug-likeness (QED) is 0.404. The van der Waals surface area contributed by atoms with Gasteiger partial charge in [-0.25, -0.2) is 9.48 Å². The van der Waals surface area contributed by atoms with E-state index in [0.717, 1.165) is 0 Å². The van der Waals surface area contributed by atoms with E-state index in [2.05, 4.69) is 5.10 Å². The Bertz CT molecular complexity index is 1150. The maximum Gasteiger partial charge on any atom is 0.360 e. The van der Waals surface area contributed by atoms with Gasteiger partial charge in [0.1, 0.15) is 5.75 Å². The monoisotopic (exact) mass is 422 g/mol. The van der Waals surface area contributed by atoms with Crippen LogP contribution in [0.4, 0.5) is 0 Å². The largest absolute Gasteiger partial charge is 0.494 e. The highest BCUT2D eigenvalue weighted by Crippen LogP contribution is 2.18. The molecule has 7 heteroatoms. The van der Waals surface area contributed by atoms with Gasteiger partial charge in [0.15, 0.2) is 11.8 Å². The summed E-state index contributed by atoms with van der Waals surface area (Å²) in [5, 5.41) is 5.05. The summed E-state index contributed by atoms with van der Waals surface area (Å²) in [4.78, 5) is 38.4. The molecule has 0 bridgehead atoms. The molecule has 0 amide bonds. The number of carbonyl (C=O) groups is 2. The predicted octanol–water partition coefficient (Wildman–Crippen LogP) is 3.88. The molecule has 7 nitrogen and oxygen atoms in total. The van der Waals surface area contributed by atoms with Crippen molar-refractivity contribution in [2.24, 2.45) is 5.92 Å². The van der Waals surface area contributed by atoms with Gasteiger partial charge in [0.2, 0.25) is 5.78 Å². The van der Waals surface area contributed by atoms with Crippen molar-refractivity contribution in [1.29, 1.82) is 0 Å². The van der Waals surface area contributed by atoms with Crippen LogP contribution in [-0.2, 0) is 11.3 Å². The maximum absolute atomic E-state index is 12.9. The van der Waals surface area contributed by atoms with E-state index in [4.69, 9.17) is 9.47 Å². The number of hydrogen-bond donors (Lipinski definition) is 0. The second kappa shape index (κ2) is 9.55. The van der Waals surface area contributed by atoms with Crippen LogP contribution in [0.2, 0.25) is 0 Å². The molecule has 0 N–H and O–H groups in total. The van der Waals surface area contributed by atoms with E-state index < -0.39 is 12.1 Å². The normalized spacial score (nSPS) is 12.0. The first-order valence-electron chi connectivity index (χ1n) is 10.3. The summed E-state index contributed by atoms with van der Waals surface area (Å²) >= 11 is 0. The van der Waals surface area contributed by atoms with Crippen LogP contribution in [0.3, 0.4) is 0 Å². The van der Waals surface area contributed by atoms with Gasteiger partial charge in [-0.05, 0) is 50.1 Å². The summed E-state index contributed by atoms with van der Waals surface area (Å²) in [5.41, 5.74) is 0.160. The molecule has 1 heterocycles. The van der Waals surface area contributed by atoms with Gasteiger partial charge in [0.25, 0.3) is 5.56 Å². The Kier molecular flexibility index (Phi) is 6.84. The third-order valence-corrected chi connectivity index (χ3v) is 4.70. The number of carbonyl (C=O) groups excluding carboxylic acids is 2. The van der Waals surface area contributed by atoms with Crippen molar-refractivity contribution in [1.82, 2.24) is 9.78 Å². The summed E-state index contributed by atoms with van der Waals surface area (Å²) in [7, 11) is 0. The molecule has 0 aliphatic heterocycles. The van der Waals surface area contributed by atoms with E-state index >= 15 is 0 Å². The fourth-order valence-electron chi connectivity index (χ4n) is 3.24. The highest BCUT2D eigenvalue weighted by Gasteiger charge is 2.24. The number of nitrogens with zero attached hydrogens (tertiary/aromatic N) is 2. The van der Waals surface area contributed by atoms with Crippen LogP contribution in [-0.4, -0.2) is 34.2 Å². The molecule has 0 fully saturated rings. The number of fused-ring (bicyclic) bond motifs is 1. The van der Waals surface area contributed by atoms with E-state index in [1.165, 1.54) is 11.6 Å². The van der Waals surface area contributed by atoms with Crippen LogP contribution in [0.1, 0.15) is 48.5 Å². The van der Waals surface area contributed by atoms with Crippen molar-refractivity contribution in [2.45, 2.75) is 40.3 Å². The lowest BCUT2D eigenvalue weighted by molar-refractivity contribution is 0.0312. The molecule has 0 saturated heterocycles. The van der Waals surface area contributed by atoms with E-state index in [-0.39, 0.29) is 23.0 Å². The highest BCUT2D eigenvalue weighted by atomic mass is 16.5. The first-order valence-corrected chi connectivity index (χ1v) is 10.3. The average molecular weight is 422 g/mol. The summed E-state index contributed by atoms with van der Waals surface area (Å²) in [6, 6.07) is 13.4. The number of ether oxygens (including phenoxy) is 2. The number of esters is 1. The molecule has 1 aromatic heterocycles. The molecule has 0 aliphatic rings. The first kappa shape index (κ1) is 22.2. The molecule has 0 spiro atoms. The zero-order valence-electron chi connectivity index (χ0n) is 18.1. The Morgan fingerprint density at radius 1 is 1.00 bits per heavy atom. The van der Waals surface area contributed by atoms with Crippen molar-refractivity contribution in [3.8, 4) is 5.75 Å². The van der Waals surface area contributed by atoms with Crippen molar-refractivity contribution >= 4 is 22.5 Å². The minimum absolute atomic E-state index is 0.0159. The number of ketones is 1. The van der Waals surface area contributed by atoms with Gasteiger partial charge in [-0.15, -0.1) is 0 Å². The lowest BCUT2D eigenvalue weighted by Gasteiger charge is -2.15. The molecule has 0 radical (unpaired) electrons. The Morgan fingerprint density at radius 2 is 1.65 bits per heavy atom. The minimum atomic E-state index is -1.02. The second-order valence-corrected chi connectivity index (χ2v) is 7.64. The molecule has 0 aliphatic carbocycles. The van der Waals surface area contributed by atoms with E-state index in [1.807, 2.05) is 20.8 Å². The number of Topliss-reactive ketones (excluding diaryl/α,β-unsaturated/α-hetero) is 1. The second-order valence-electron chi connectivity index (χ2n) is 7.64. The minimum Gasteiger partial charge on any atom is -0.494 e. The van der Waals surface area contributed by atoms with Crippen LogP contribution in [0, 0.1) is 5.92 Å². The fourth-order valence-corrected chi connectivity index (χ4v) is 3.24. The van der Waals surface area contributed by atoms with Crippen LogP contribution >= 0.6 is 0 Å². The van der Waals surface area contributed by atoms with Gasteiger partial charge in [0.05, 0.1) is 12.0 Å². The molecule has 0 unspecified atom stereocenters. The Hall–Kier alpha value is -3.48. The molecule has 3 aromatic rings. The van der Waals surface area contributed by atoms with E-state index in [1.54, 1.807) is 48.5 Å². The molecular formula is C24H26N2O5. The van der Waals surface area contributed by atoms with Crippen LogP contribution < -0.4 is 10.3 Å². The zero-order valence-corrected chi connectivity index (χ0v) is 18.1. The van der Waals surface area contributed by atoms with Crippen LogP contribution in [0.25, 0.3) is 10.8 Å². The summed E-state index contributed by atoms with van der Waals surface area (Å²) in [6.07, 6.45) is -1.02. The third-order valence-electron chi connectivity index (χ3n) is 4.70. The third kappa shape index (κ3) is 4.99. The van der Waals surface area contributed by atoms with Gasteiger partial charge < -0.3 is 9.47 Å². The van der Waals surface area contributed by atoms with Gasteiger partial charge >= 0.3 is 5.97 Å². The van der Waals surface area contributed by atoms with E-state index in [0.29, 0.717) is 35.2 Å². The van der Waals surface area contributed by atoms with Crippen LogP contribution in [0.15, 0.2) is 53.3 Å². The Morgan fingerprint density at radius 3 is 2.26 bits per heavy atom. The SMILES string of the molecule is CCOc1ccc(C(=O)[C@@H](C)OC(=O)c2nn(CC(C)C)c(=O)c3ccccc23)cc1. The Balaban J connectivity index is 1.87. The van der Waals surface area contributed by atoms with E-state index in [9.17, 15) is 14.4 Å². The van der Waals surface area contributed by atoms with Crippen molar-refractivity contribution in [3.63, 3.8) is 0 Å². The standard InChI is InChI=1S/C24H26N2O5/c1-5-30-18-12-10-17(11-13-18)22(27)16(4)31-24(29)21-19-8-6-7-9-20(19)23(28)26(25-21)14-15(2)3/h6-13,15-16H,5,14H2,1-4H3/t16-/m1/s1.